The van der Waals surface area contributed by atoms with Crippen molar-refractivity contribution < 1.29 is 17.9 Å². The first kappa shape index (κ1) is 17.6. The average molecular weight is 370 g/mol. The van der Waals surface area contributed by atoms with E-state index in [1.54, 1.807) is 42.6 Å². The Kier molecular flexibility index (Phi) is 4.99. The monoisotopic (exact) mass is 370 g/mol. The van der Waals surface area contributed by atoms with Crippen molar-refractivity contribution in [1.82, 2.24) is 0 Å². The number of phenols is 1. The van der Waals surface area contributed by atoms with Crippen molar-refractivity contribution in [3.05, 3.63) is 84.2 Å². The highest BCUT2D eigenvalue weighted by Crippen LogP contribution is 2.20. The standard InChI is InChI=1S/C19H15FN2O3S/c20-15-3-5-17(6-4-15)22-26(24,25)19-11-7-16(8-12-19)21-13-14-1-9-18(23)10-2-14/h1-13,22-23H. The summed E-state index contributed by atoms with van der Waals surface area (Å²) in [6.45, 7) is 0. The van der Waals surface area contributed by atoms with Crippen LogP contribution in [0.1, 0.15) is 5.56 Å². The Morgan fingerprint density at radius 2 is 1.50 bits per heavy atom. The Balaban J connectivity index is 1.73. The van der Waals surface area contributed by atoms with Crippen molar-refractivity contribution in [2.24, 2.45) is 4.99 Å². The van der Waals surface area contributed by atoms with Gasteiger partial charge in [-0.2, -0.15) is 0 Å². The van der Waals surface area contributed by atoms with E-state index < -0.39 is 15.8 Å². The second-order valence-electron chi connectivity index (χ2n) is 5.46. The van der Waals surface area contributed by atoms with Crippen LogP contribution in [0.4, 0.5) is 15.8 Å². The van der Waals surface area contributed by atoms with Crippen molar-refractivity contribution in [3.8, 4) is 5.75 Å². The van der Waals surface area contributed by atoms with Gasteiger partial charge in [0.1, 0.15) is 11.6 Å². The summed E-state index contributed by atoms with van der Waals surface area (Å²) in [5, 5.41) is 9.24. The molecule has 0 saturated carbocycles. The number of nitrogens with one attached hydrogen (secondary N) is 1. The minimum atomic E-state index is -3.77. The fourth-order valence-electron chi connectivity index (χ4n) is 2.15. The molecule has 0 amide bonds. The van der Waals surface area contributed by atoms with Gasteiger partial charge in [-0.25, -0.2) is 12.8 Å². The lowest BCUT2D eigenvalue weighted by Crippen LogP contribution is -2.12. The summed E-state index contributed by atoms with van der Waals surface area (Å²) in [6.07, 6.45) is 1.61. The molecule has 3 aromatic rings. The van der Waals surface area contributed by atoms with Crippen LogP contribution in [-0.4, -0.2) is 19.7 Å². The highest BCUT2D eigenvalue weighted by molar-refractivity contribution is 7.92. The van der Waals surface area contributed by atoms with Crippen LogP contribution in [-0.2, 0) is 10.0 Å². The van der Waals surface area contributed by atoms with Crippen LogP contribution in [0.5, 0.6) is 5.75 Å². The van der Waals surface area contributed by atoms with E-state index in [9.17, 15) is 17.9 Å². The van der Waals surface area contributed by atoms with Crippen molar-refractivity contribution in [2.75, 3.05) is 4.72 Å². The predicted octanol–water partition coefficient (Wildman–Crippen LogP) is 4.08. The van der Waals surface area contributed by atoms with Crippen molar-refractivity contribution >= 4 is 27.6 Å². The molecule has 0 aliphatic carbocycles. The van der Waals surface area contributed by atoms with Crippen LogP contribution in [0.3, 0.4) is 0 Å². The third-order valence-electron chi connectivity index (χ3n) is 3.50. The van der Waals surface area contributed by atoms with Gasteiger partial charge in [0.15, 0.2) is 0 Å². The molecule has 0 aliphatic heterocycles. The van der Waals surface area contributed by atoms with Crippen LogP contribution in [0.2, 0.25) is 0 Å². The number of sulfonamides is 1. The number of halogens is 1. The van der Waals surface area contributed by atoms with Crippen LogP contribution in [0, 0.1) is 5.82 Å². The van der Waals surface area contributed by atoms with Gasteiger partial charge >= 0.3 is 0 Å². The Morgan fingerprint density at radius 3 is 2.12 bits per heavy atom. The number of anilines is 1. The van der Waals surface area contributed by atoms with E-state index in [1.807, 2.05) is 0 Å². The molecule has 0 bridgehead atoms. The summed E-state index contributed by atoms with van der Waals surface area (Å²) in [5.41, 5.74) is 1.66. The molecular weight excluding hydrogens is 355 g/mol. The molecule has 26 heavy (non-hydrogen) atoms. The molecule has 0 atom stereocenters. The summed E-state index contributed by atoms with van der Waals surface area (Å²) in [7, 11) is -3.77. The van der Waals surface area contributed by atoms with Gasteiger partial charge in [-0.3, -0.25) is 9.71 Å². The second-order valence-corrected chi connectivity index (χ2v) is 7.14. The van der Waals surface area contributed by atoms with Gasteiger partial charge < -0.3 is 5.11 Å². The topological polar surface area (TPSA) is 78.8 Å². The number of rotatable bonds is 5. The summed E-state index contributed by atoms with van der Waals surface area (Å²) in [5.74, 6) is -0.269. The number of benzene rings is 3. The van der Waals surface area contributed by atoms with Crippen LogP contribution in [0.15, 0.2) is 82.7 Å². The van der Waals surface area contributed by atoms with Crippen molar-refractivity contribution in [1.29, 1.82) is 0 Å². The van der Waals surface area contributed by atoms with E-state index in [-0.39, 0.29) is 16.3 Å². The van der Waals surface area contributed by atoms with Gasteiger partial charge in [-0.05, 0) is 78.4 Å². The summed E-state index contributed by atoms with van der Waals surface area (Å²) >= 11 is 0. The maximum absolute atomic E-state index is 12.9. The lowest BCUT2D eigenvalue weighted by Gasteiger charge is -2.08. The first-order chi connectivity index (χ1) is 12.4. The molecule has 0 radical (unpaired) electrons. The Morgan fingerprint density at radius 1 is 0.885 bits per heavy atom. The first-order valence-corrected chi connectivity index (χ1v) is 9.12. The number of hydrogen-bond donors (Lipinski definition) is 2. The largest absolute Gasteiger partial charge is 0.508 e. The Labute approximate surface area is 150 Å². The molecule has 0 aliphatic rings. The van der Waals surface area contributed by atoms with Gasteiger partial charge in [0, 0.05) is 11.9 Å². The van der Waals surface area contributed by atoms with Crippen LogP contribution in [0.25, 0.3) is 0 Å². The minimum Gasteiger partial charge on any atom is -0.508 e. The zero-order valence-corrected chi connectivity index (χ0v) is 14.3. The highest BCUT2D eigenvalue weighted by Gasteiger charge is 2.13. The maximum Gasteiger partial charge on any atom is 0.261 e. The molecule has 0 unspecified atom stereocenters. The highest BCUT2D eigenvalue weighted by atomic mass is 32.2. The average Bonchev–Trinajstić information content (AvgIpc) is 2.63. The lowest BCUT2D eigenvalue weighted by molar-refractivity contribution is 0.475. The van der Waals surface area contributed by atoms with E-state index in [1.165, 1.54) is 36.4 Å². The number of nitrogens with zero attached hydrogens (tertiary/aromatic N) is 1. The Hall–Kier alpha value is -3.19. The van der Waals surface area contributed by atoms with E-state index >= 15 is 0 Å². The molecule has 2 N–H and O–H groups in total. The quantitative estimate of drug-likeness (QED) is 0.664. The number of hydrogen-bond acceptors (Lipinski definition) is 4. The van der Waals surface area contributed by atoms with E-state index in [2.05, 4.69) is 9.71 Å². The third kappa shape index (κ3) is 4.46. The number of aromatic hydroxyl groups is 1. The molecule has 0 saturated heterocycles. The fraction of sp³-hybridized carbons (Fsp3) is 0. The zero-order valence-electron chi connectivity index (χ0n) is 13.5. The summed E-state index contributed by atoms with van der Waals surface area (Å²) < 4.78 is 40.0. The molecular formula is C19H15FN2O3S. The van der Waals surface area contributed by atoms with Gasteiger partial charge in [-0.15, -0.1) is 0 Å². The SMILES string of the molecule is O=S(=O)(Nc1ccc(F)cc1)c1ccc(N=Cc2ccc(O)cc2)cc1. The normalized spacial score (nSPS) is 11.6. The second kappa shape index (κ2) is 7.37. The van der Waals surface area contributed by atoms with E-state index in [0.717, 1.165) is 5.56 Å². The van der Waals surface area contributed by atoms with E-state index in [0.29, 0.717) is 5.69 Å². The molecule has 3 rings (SSSR count). The molecule has 132 valence electrons. The van der Waals surface area contributed by atoms with Crippen LogP contribution >= 0.6 is 0 Å². The molecule has 0 aromatic heterocycles. The van der Waals surface area contributed by atoms with Crippen LogP contribution < -0.4 is 4.72 Å². The van der Waals surface area contributed by atoms with Crippen molar-refractivity contribution in [3.63, 3.8) is 0 Å². The van der Waals surface area contributed by atoms with E-state index in [4.69, 9.17) is 0 Å². The van der Waals surface area contributed by atoms with Gasteiger partial charge in [0.25, 0.3) is 10.0 Å². The molecule has 3 aromatic carbocycles. The zero-order chi connectivity index (χ0) is 18.6. The predicted molar refractivity (Wildman–Crippen MR) is 99.0 cm³/mol. The lowest BCUT2D eigenvalue weighted by atomic mass is 10.2. The Bertz CT molecular complexity index is 1010. The molecule has 0 fully saturated rings. The van der Waals surface area contributed by atoms with Gasteiger partial charge in [0.05, 0.1) is 10.6 Å². The smallest absolute Gasteiger partial charge is 0.261 e. The first-order valence-electron chi connectivity index (χ1n) is 7.64. The summed E-state index contributed by atoms with van der Waals surface area (Å²) in [6, 6.07) is 17.6. The maximum atomic E-state index is 12.9. The van der Waals surface area contributed by atoms with Crippen molar-refractivity contribution in [2.45, 2.75) is 4.90 Å². The molecule has 0 spiro atoms. The fourth-order valence-corrected chi connectivity index (χ4v) is 3.21. The summed E-state index contributed by atoms with van der Waals surface area (Å²) in [4.78, 5) is 4.33. The number of aliphatic imine (C=N–C) groups is 1. The number of phenolic OH excluding ortho intramolecular Hbond substituents is 1. The van der Waals surface area contributed by atoms with Gasteiger partial charge in [0.2, 0.25) is 0 Å². The third-order valence-corrected chi connectivity index (χ3v) is 4.90. The molecule has 7 heteroatoms. The van der Waals surface area contributed by atoms with Gasteiger partial charge in [-0.1, -0.05) is 0 Å². The molecule has 0 heterocycles. The molecule has 5 nitrogen and oxygen atoms in total. The minimum absolute atomic E-state index is 0.0745.